The van der Waals surface area contributed by atoms with Crippen molar-refractivity contribution in [1.29, 1.82) is 0 Å². The van der Waals surface area contributed by atoms with E-state index in [0.717, 1.165) is 28.9 Å². The zero-order valence-corrected chi connectivity index (χ0v) is 13.8. The highest BCUT2D eigenvalue weighted by molar-refractivity contribution is 6.08. The van der Waals surface area contributed by atoms with Gasteiger partial charge < -0.3 is 10.6 Å². The van der Waals surface area contributed by atoms with E-state index in [0.29, 0.717) is 12.0 Å². The second-order valence-corrected chi connectivity index (χ2v) is 6.61. The van der Waals surface area contributed by atoms with Crippen molar-refractivity contribution in [3.05, 3.63) is 71.3 Å². The Morgan fingerprint density at radius 2 is 1.92 bits per heavy atom. The number of rotatable bonds is 4. The Hall–Kier alpha value is -2.88. The van der Waals surface area contributed by atoms with Crippen molar-refractivity contribution in [3.8, 4) is 0 Å². The lowest BCUT2D eigenvalue weighted by Gasteiger charge is -2.35. The number of nitrogens with one attached hydrogen (secondary N) is 2. The van der Waals surface area contributed by atoms with Gasteiger partial charge >= 0.3 is 0 Å². The van der Waals surface area contributed by atoms with E-state index < -0.39 is 0 Å². The molecule has 3 rings (SSSR count). The van der Waals surface area contributed by atoms with Gasteiger partial charge in [0, 0.05) is 34.1 Å². The lowest BCUT2D eigenvalue weighted by atomic mass is 9.85. The maximum Gasteiger partial charge on any atom is 0.211 e. The molecule has 0 spiro atoms. The van der Waals surface area contributed by atoms with Gasteiger partial charge in [-0.1, -0.05) is 36.4 Å². The van der Waals surface area contributed by atoms with Gasteiger partial charge in [0.2, 0.25) is 6.41 Å². The highest BCUT2D eigenvalue weighted by atomic mass is 16.1. The standard InChI is InChI=1S/C20H20N2O2/c1-20(2)12-15-10-16(21-13-23)8-9-17(15)18(22-20)11-19(24)14-6-4-3-5-7-14/h3-11,13,22H,12H2,1-2H3,(H,21,23)/b18-11-. The molecule has 0 radical (unpaired) electrons. The number of ketones is 1. The van der Waals surface area contributed by atoms with Gasteiger partial charge in [0.15, 0.2) is 5.78 Å². The van der Waals surface area contributed by atoms with E-state index in [1.54, 1.807) is 6.08 Å². The van der Waals surface area contributed by atoms with Crippen molar-refractivity contribution in [2.45, 2.75) is 25.8 Å². The Bertz CT molecular complexity index is 808. The smallest absolute Gasteiger partial charge is 0.211 e. The number of benzene rings is 2. The van der Waals surface area contributed by atoms with Crippen molar-refractivity contribution in [1.82, 2.24) is 5.32 Å². The van der Waals surface area contributed by atoms with Gasteiger partial charge in [-0.15, -0.1) is 0 Å². The highest BCUT2D eigenvalue weighted by Crippen LogP contribution is 2.31. The molecule has 24 heavy (non-hydrogen) atoms. The van der Waals surface area contributed by atoms with Gasteiger partial charge in [-0.05, 0) is 38.0 Å². The summed E-state index contributed by atoms with van der Waals surface area (Å²) >= 11 is 0. The summed E-state index contributed by atoms with van der Waals surface area (Å²) in [6.45, 7) is 4.19. The van der Waals surface area contributed by atoms with E-state index in [1.807, 2.05) is 48.5 Å². The van der Waals surface area contributed by atoms with Gasteiger partial charge in [0.1, 0.15) is 0 Å². The van der Waals surface area contributed by atoms with Gasteiger partial charge in [-0.2, -0.15) is 0 Å². The van der Waals surface area contributed by atoms with Crippen molar-refractivity contribution in [2.75, 3.05) is 5.32 Å². The Balaban J connectivity index is 2.01. The van der Waals surface area contributed by atoms with Gasteiger partial charge in [-0.3, -0.25) is 9.59 Å². The van der Waals surface area contributed by atoms with Crippen LogP contribution in [0.3, 0.4) is 0 Å². The van der Waals surface area contributed by atoms with E-state index in [4.69, 9.17) is 0 Å². The van der Waals surface area contributed by atoms with E-state index in [1.165, 1.54) is 0 Å². The predicted octanol–water partition coefficient (Wildman–Crippen LogP) is 3.40. The van der Waals surface area contributed by atoms with Crippen LogP contribution in [0, 0.1) is 0 Å². The first-order valence-corrected chi connectivity index (χ1v) is 7.91. The molecule has 4 nitrogen and oxygen atoms in total. The molecule has 2 aromatic rings. The second kappa shape index (κ2) is 6.32. The number of hydrogen-bond donors (Lipinski definition) is 2. The van der Waals surface area contributed by atoms with E-state index >= 15 is 0 Å². The minimum atomic E-state index is -0.171. The number of allylic oxidation sites excluding steroid dienone is 1. The van der Waals surface area contributed by atoms with Crippen LogP contribution >= 0.6 is 0 Å². The van der Waals surface area contributed by atoms with Crippen molar-refractivity contribution >= 4 is 23.6 Å². The van der Waals surface area contributed by atoms with Crippen LogP contribution in [0.15, 0.2) is 54.6 Å². The molecule has 4 heteroatoms. The SMILES string of the molecule is CC1(C)Cc2cc(NC=O)ccc2/C(=C/C(=O)c2ccccc2)N1. The largest absolute Gasteiger partial charge is 0.379 e. The van der Waals surface area contributed by atoms with Crippen LogP contribution in [-0.2, 0) is 11.2 Å². The molecule has 2 aromatic carbocycles. The summed E-state index contributed by atoms with van der Waals surface area (Å²) in [5, 5.41) is 6.13. The molecular formula is C20H20N2O2. The van der Waals surface area contributed by atoms with Crippen LogP contribution < -0.4 is 10.6 Å². The fourth-order valence-electron chi connectivity index (χ4n) is 3.04. The number of amides is 1. The first kappa shape index (κ1) is 16.0. The summed E-state index contributed by atoms with van der Waals surface area (Å²) in [6, 6.07) is 15.0. The Morgan fingerprint density at radius 3 is 2.62 bits per heavy atom. The van der Waals surface area contributed by atoms with Gasteiger partial charge in [-0.25, -0.2) is 0 Å². The third kappa shape index (κ3) is 3.38. The maximum atomic E-state index is 12.5. The number of fused-ring (bicyclic) bond motifs is 1. The van der Waals surface area contributed by atoms with E-state index in [9.17, 15) is 9.59 Å². The molecule has 2 N–H and O–H groups in total. The Labute approximate surface area is 141 Å². The molecule has 0 fully saturated rings. The quantitative estimate of drug-likeness (QED) is 0.516. The molecule has 0 unspecified atom stereocenters. The monoisotopic (exact) mass is 320 g/mol. The second-order valence-electron chi connectivity index (χ2n) is 6.61. The number of anilines is 1. The van der Waals surface area contributed by atoms with Crippen LogP contribution in [0.25, 0.3) is 5.70 Å². The lowest BCUT2D eigenvalue weighted by Crippen LogP contribution is -2.43. The zero-order chi connectivity index (χ0) is 17.2. The third-order valence-electron chi connectivity index (χ3n) is 4.06. The number of hydrogen-bond acceptors (Lipinski definition) is 3. The highest BCUT2D eigenvalue weighted by Gasteiger charge is 2.28. The van der Waals surface area contributed by atoms with Crippen LogP contribution in [0.1, 0.15) is 35.3 Å². The summed E-state index contributed by atoms with van der Waals surface area (Å²) in [4.78, 5) is 23.2. The predicted molar refractivity (Wildman–Crippen MR) is 95.8 cm³/mol. The van der Waals surface area contributed by atoms with Crippen molar-refractivity contribution in [2.24, 2.45) is 0 Å². The Morgan fingerprint density at radius 1 is 1.17 bits per heavy atom. The third-order valence-corrected chi connectivity index (χ3v) is 4.06. The first-order chi connectivity index (χ1) is 11.5. The van der Waals surface area contributed by atoms with E-state index in [2.05, 4.69) is 24.5 Å². The molecule has 0 aliphatic carbocycles. The van der Waals surface area contributed by atoms with E-state index in [-0.39, 0.29) is 11.3 Å². The molecule has 0 saturated carbocycles. The minimum absolute atomic E-state index is 0.0307. The van der Waals surface area contributed by atoms with Crippen LogP contribution in [0.2, 0.25) is 0 Å². The average Bonchev–Trinajstić information content (AvgIpc) is 2.54. The molecule has 0 saturated heterocycles. The molecular weight excluding hydrogens is 300 g/mol. The average molecular weight is 320 g/mol. The zero-order valence-electron chi connectivity index (χ0n) is 13.8. The van der Waals surface area contributed by atoms with Gasteiger partial charge in [0.25, 0.3) is 0 Å². The molecule has 122 valence electrons. The van der Waals surface area contributed by atoms with Crippen LogP contribution in [0.5, 0.6) is 0 Å². The summed E-state index contributed by atoms with van der Waals surface area (Å²) in [5.74, 6) is -0.0307. The van der Waals surface area contributed by atoms with Crippen molar-refractivity contribution in [3.63, 3.8) is 0 Å². The van der Waals surface area contributed by atoms with Crippen LogP contribution in [-0.4, -0.2) is 17.7 Å². The molecule has 0 bridgehead atoms. The van der Waals surface area contributed by atoms with Gasteiger partial charge in [0.05, 0.1) is 0 Å². The molecule has 1 aliphatic rings. The fraction of sp³-hybridized carbons (Fsp3) is 0.200. The normalized spacial score (nSPS) is 16.8. The lowest BCUT2D eigenvalue weighted by molar-refractivity contribution is -0.105. The first-order valence-electron chi connectivity index (χ1n) is 7.91. The summed E-state index contributed by atoms with van der Waals surface area (Å²) in [5.41, 5.74) is 4.17. The molecule has 1 aliphatic heterocycles. The molecule has 1 heterocycles. The molecule has 0 aromatic heterocycles. The summed E-state index contributed by atoms with van der Waals surface area (Å²) in [7, 11) is 0. The minimum Gasteiger partial charge on any atom is -0.379 e. The fourth-order valence-corrected chi connectivity index (χ4v) is 3.04. The van der Waals surface area contributed by atoms with Crippen molar-refractivity contribution < 1.29 is 9.59 Å². The number of carbonyl (C=O) groups excluding carboxylic acids is 2. The molecule has 0 atom stereocenters. The summed E-state index contributed by atoms with van der Waals surface area (Å²) < 4.78 is 0. The summed E-state index contributed by atoms with van der Waals surface area (Å²) in [6.07, 6.45) is 3.14. The van der Waals surface area contributed by atoms with Crippen LogP contribution in [0.4, 0.5) is 5.69 Å². The maximum absolute atomic E-state index is 12.5. The number of carbonyl (C=O) groups is 2. The Kier molecular flexibility index (Phi) is 4.21. The topological polar surface area (TPSA) is 58.2 Å². The molecule has 1 amide bonds.